The molecule has 1 spiro atoms. The van der Waals surface area contributed by atoms with Crippen LogP contribution in [0.2, 0.25) is 0 Å². The zero-order valence-electron chi connectivity index (χ0n) is 13.2. The minimum atomic E-state index is -0.321. The Morgan fingerprint density at radius 2 is 2.43 bits per heavy atom. The fraction of sp³-hybridized carbons (Fsp3) is 0.625. The second-order valence-electron chi connectivity index (χ2n) is 6.11. The van der Waals surface area contributed by atoms with E-state index in [1.807, 2.05) is 22.4 Å². The Bertz CT molecular complexity index is 562. The number of hydrogen-bond donors (Lipinski definition) is 1. The monoisotopic (exact) mass is 338 g/mol. The van der Waals surface area contributed by atoms with E-state index in [4.69, 9.17) is 9.47 Å². The van der Waals surface area contributed by atoms with Gasteiger partial charge in [0.1, 0.15) is 6.61 Å². The summed E-state index contributed by atoms with van der Waals surface area (Å²) >= 11 is 1.47. The van der Waals surface area contributed by atoms with Gasteiger partial charge in [-0.3, -0.25) is 9.59 Å². The molecule has 1 N–H and O–H groups in total. The maximum atomic E-state index is 12.5. The number of carbonyl (C=O) groups excluding carboxylic acids is 2. The predicted molar refractivity (Wildman–Crippen MR) is 86.6 cm³/mol. The lowest BCUT2D eigenvalue weighted by molar-refractivity contribution is -0.127. The van der Waals surface area contributed by atoms with E-state index >= 15 is 0 Å². The molecule has 0 unspecified atom stereocenters. The molecular formula is C16H22N2O4S. The van der Waals surface area contributed by atoms with Gasteiger partial charge in [-0.2, -0.15) is 0 Å². The number of carbonyl (C=O) groups is 2. The SMILES string of the molecule is CNC(=O)CO[C@H]1CO[C@]2(CCCN(C(=O)c3cccs3)C2)C1. The van der Waals surface area contributed by atoms with Crippen molar-refractivity contribution < 1.29 is 19.1 Å². The number of amides is 2. The molecule has 0 saturated carbocycles. The Kier molecular flexibility index (Phi) is 4.99. The van der Waals surface area contributed by atoms with Crippen LogP contribution in [0.1, 0.15) is 28.9 Å². The van der Waals surface area contributed by atoms with E-state index in [0.29, 0.717) is 13.2 Å². The van der Waals surface area contributed by atoms with Gasteiger partial charge in [0.15, 0.2) is 0 Å². The van der Waals surface area contributed by atoms with E-state index in [1.165, 1.54) is 11.3 Å². The second kappa shape index (κ2) is 6.98. The van der Waals surface area contributed by atoms with Crippen LogP contribution >= 0.6 is 11.3 Å². The van der Waals surface area contributed by atoms with Crippen LogP contribution in [0.15, 0.2) is 17.5 Å². The van der Waals surface area contributed by atoms with Crippen molar-refractivity contribution in [3.05, 3.63) is 22.4 Å². The molecule has 126 valence electrons. The van der Waals surface area contributed by atoms with Crippen molar-refractivity contribution in [2.24, 2.45) is 0 Å². The van der Waals surface area contributed by atoms with Gasteiger partial charge in [0, 0.05) is 20.0 Å². The Morgan fingerprint density at radius 1 is 1.57 bits per heavy atom. The minimum absolute atomic E-state index is 0.0540. The van der Waals surface area contributed by atoms with Gasteiger partial charge in [0.05, 0.1) is 29.7 Å². The van der Waals surface area contributed by atoms with Gasteiger partial charge in [0.25, 0.3) is 5.91 Å². The zero-order chi connectivity index (χ0) is 16.3. The van der Waals surface area contributed by atoms with Crippen molar-refractivity contribution in [3.63, 3.8) is 0 Å². The summed E-state index contributed by atoms with van der Waals surface area (Å²) in [5.41, 5.74) is -0.321. The highest BCUT2D eigenvalue weighted by molar-refractivity contribution is 7.12. The van der Waals surface area contributed by atoms with Crippen LogP contribution in [0, 0.1) is 0 Å². The Balaban J connectivity index is 1.58. The molecule has 7 heteroatoms. The number of likely N-dealkylation sites (tertiary alicyclic amines) is 1. The predicted octanol–water partition coefficient (Wildman–Crippen LogP) is 1.27. The third-order valence-corrected chi connectivity index (χ3v) is 5.32. The minimum Gasteiger partial charge on any atom is -0.370 e. The maximum absolute atomic E-state index is 12.5. The normalized spacial score (nSPS) is 27.3. The molecular weight excluding hydrogens is 316 g/mol. The summed E-state index contributed by atoms with van der Waals surface area (Å²) in [5.74, 6) is -0.0542. The number of ether oxygens (including phenoxy) is 2. The quantitative estimate of drug-likeness (QED) is 0.898. The molecule has 1 aromatic heterocycles. The van der Waals surface area contributed by atoms with E-state index in [2.05, 4.69) is 5.32 Å². The lowest BCUT2D eigenvalue weighted by Crippen LogP contribution is -2.50. The molecule has 2 saturated heterocycles. The van der Waals surface area contributed by atoms with Gasteiger partial charge in [-0.1, -0.05) is 6.07 Å². The van der Waals surface area contributed by atoms with Crippen molar-refractivity contribution in [2.45, 2.75) is 31.0 Å². The third-order valence-electron chi connectivity index (χ3n) is 4.46. The fourth-order valence-corrected chi connectivity index (χ4v) is 3.98. The smallest absolute Gasteiger partial charge is 0.264 e. The molecule has 1 aromatic rings. The average Bonchev–Trinajstić information content (AvgIpc) is 3.22. The topological polar surface area (TPSA) is 67.9 Å². The van der Waals surface area contributed by atoms with E-state index in [0.717, 1.165) is 30.7 Å². The van der Waals surface area contributed by atoms with Gasteiger partial charge < -0.3 is 19.7 Å². The first-order chi connectivity index (χ1) is 11.1. The number of piperidine rings is 1. The van der Waals surface area contributed by atoms with Crippen molar-refractivity contribution in [3.8, 4) is 0 Å². The highest BCUT2D eigenvalue weighted by atomic mass is 32.1. The molecule has 6 nitrogen and oxygen atoms in total. The number of nitrogens with one attached hydrogen (secondary N) is 1. The molecule has 2 aliphatic heterocycles. The van der Waals surface area contributed by atoms with Crippen LogP contribution in [-0.2, 0) is 14.3 Å². The molecule has 3 rings (SSSR count). The molecule has 2 amide bonds. The number of hydrogen-bond acceptors (Lipinski definition) is 5. The first-order valence-electron chi connectivity index (χ1n) is 7.91. The van der Waals surface area contributed by atoms with Crippen LogP contribution < -0.4 is 5.32 Å². The van der Waals surface area contributed by atoms with E-state index in [9.17, 15) is 9.59 Å². The third kappa shape index (κ3) is 3.73. The fourth-order valence-electron chi connectivity index (χ4n) is 3.29. The summed E-state index contributed by atoms with van der Waals surface area (Å²) in [5, 5.41) is 4.46. The van der Waals surface area contributed by atoms with E-state index in [-0.39, 0.29) is 30.1 Å². The summed E-state index contributed by atoms with van der Waals surface area (Å²) in [4.78, 5) is 26.5. The molecule has 0 aliphatic carbocycles. The van der Waals surface area contributed by atoms with Crippen LogP contribution in [0.3, 0.4) is 0 Å². The van der Waals surface area contributed by atoms with Gasteiger partial charge in [-0.25, -0.2) is 0 Å². The first kappa shape index (κ1) is 16.4. The number of likely N-dealkylation sites (N-methyl/N-ethyl adjacent to an activating group) is 1. The summed E-state index contributed by atoms with van der Waals surface area (Å²) in [6.45, 7) is 1.91. The molecule has 2 fully saturated rings. The highest BCUT2D eigenvalue weighted by Gasteiger charge is 2.45. The highest BCUT2D eigenvalue weighted by Crippen LogP contribution is 2.36. The average molecular weight is 338 g/mol. The first-order valence-corrected chi connectivity index (χ1v) is 8.79. The molecule has 3 heterocycles. The van der Waals surface area contributed by atoms with Crippen LogP contribution in [0.25, 0.3) is 0 Å². The maximum Gasteiger partial charge on any atom is 0.264 e. The van der Waals surface area contributed by atoms with Crippen LogP contribution in [0.5, 0.6) is 0 Å². The molecule has 0 aromatic carbocycles. The zero-order valence-corrected chi connectivity index (χ0v) is 14.1. The summed E-state index contributed by atoms with van der Waals surface area (Å²) in [6, 6.07) is 3.76. The largest absolute Gasteiger partial charge is 0.370 e. The standard InChI is InChI=1S/C16H22N2O4S/c1-17-14(19)10-21-12-8-16(22-9-12)5-3-6-18(11-16)15(20)13-4-2-7-23-13/h2,4,7,12H,3,5-6,8-11H2,1H3,(H,17,19)/t12-,16-/m1/s1. The van der Waals surface area contributed by atoms with Gasteiger partial charge in [0.2, 0.25) is 5.91 Å². The van der Waals surface area contributed by atoms with Gasteiger partial charge in [-0.05, 0) is 24.3 Å². The van der Waals surface area contributed by atoms with Crippen LogP contribution in [-0.4, -0.2) is 61.8 Å². The number of nitrogens with zero attached hydrogens (tertiary/aromatic N) is 1. The molecule has 2 aliphatic rings. The number of rotatable bonds is 4. The Morgan fingerprint density at radius 3 is 3.17 bits per heavy atom. The van der Waals surface area contributed by atoms with Gasteiger partial charge >= 0.3 is 0 Å². The summed E-state index contributed by atoms with van der Waals surface area (Å²) in [6.07, 6.45) is 2.52. The van der Waals surface area contributed by atoms with Crippen molar-refractivity contribution >= 4 is 23.2 Å². The Labute approximate surface area is 139 Å². The summed E-state index contributed by atoms with van der Waals surface area (Å²) < 4.78 is 11.6. The van der Waals surface area contributed by atoms with Crippen molar-refractivity contribution in [1.29, 1.82) is 0 Å². The van der Waals surface area contributed by atoms with Crippen molar-refractivity contribution in [1.82, 2.24) is 10.2 Å². The Hall–Kier alpha value is -1.44. The van der Waals surface area contributed by atoms with E-state index < -0.39 is 0 Å². The summed E-state index contributed by atoms with van der Waals surface area (Å²) in [7, 11) is 1.59. The second-order valence-corrected chi connectivity index (χ2v) is 7.06. The molecule has 23 heavy (non-hydrogen) atoms. The molecule has 0 radical (unpaired) electrons. The molecule has 0 bridgehead atoms. The number of thiophene rings is 1. The lowest BCUT2D eigenvalue weighted by Gasteiger charge is -2.39. The molecule has 2 atom stereocenters. The van der Waals surface area contributed by atoms with Gasteiger partial charge in [-0.15, -0.1) is 11.3 Å². The van der Waals surface area contributed by atoms with Crippen LogP contribution in [0.4, 0.5) is 0 Å². The van der Waals surface area contributed by atoms with Crippen molar-refractivity contribution in [2.75, 3.05) is 33.4 Å². The van der Waals surface area contributed by atoms with E-state index in [1.54, 1.807) is 7.05 Å². The lowest BCUT2D eigenvalue weighted by atomic mass is 9.89.